The third-order valence-corrected chi connectivity index (χ3v) is 5.82. The molecule has 0 saturated heterocycles. The molecule has 0 spiro atoms. The fourth-order valence-corrected chi connectivity index (χ4v) is 3.76. The third kappa shape index (κ3) is 8.73. The molecule has 0 bridgehead atoms. The molecule has 8 heteroatoms. The second-order valence-electron chi connectivity index (χ2n) is 9.06. The number of halogens is 2. The molecule has 2 amide bonds. The molecular weight excluding hydrogens is 475 g/mol. The van der Waals surface area contributed by atoms with Crippen molar-refractivity contribution in [2.24, 2.45) is 0 Å². The summed E-state index contributed by atoms with van der Waals surface area (Å²) in [5.41, 5.74) is 0.397. The lowest BCUT2D eigenvalue weighted by Crippen LogP contribution is -2.53. The van der Waals surface area contributed by atoms with Crippen LogP contribution in [0.25, 0.3) is 0 Å². The van der Waals surface area contributed by atoms with E-state index in [1.807, 2.05) is 58.0 Å². The van der Waals surface area contributed by atoms with Gasteiger partial charge in [0.2, 0.25) is 11.8 Å². The summed E-state index contributed by atoms with van der Waals surface area (Å²) in [4.78, 5) is 27.9. The minimum atomic E-state index is -0.608. The lowest BCUT2D eigenvalue weighted by molar-refractivity contribution is -0.142. The van der Waals surface area contributed by atoms with E-state index in [-0.39, 0.29) is 24.8 Å². The van der Waals surface area contributed by atoms with E-state index in [0.717, 1.165) is 11.3 Å². The van der Waals surface area contributed by atoms with E-state index < -0.39 is 11.6 Å². The molecule has 2 aromatic carbocycles. The second-order valence-corrected chi connectivity index (χ2v) is 9.88. The Labute approximate surface area is 212 Å². The van der Waals surface area contributed by atoms with E-state index in [1.165, 1.54) is 0 Å². The highest BCUT2D eigenvalue weighted by atomic mass is 35.5. The van der Waals surface area contributed by atoms with Crippen LogP contribution in [0.15, 0.2) is 42.5 Å². The Hall–Kier alpha value is -2.44. The fourth-order valence-electron chi connectivity index (χ4n) is 3.44. The van der Waals surface area contributed by atoms with Crippen LogP contribution in [0.1, 0.15) is 52.5 Å². The Bertz CT molecular complexity index is 958. The highest BCUT2D eigenvalue weighted by Gasteiger charge is 2.30. The van der Waals surface area contributed by atoms with Crippen molar-refractivity contribution in [3.8, 4) is 11.5 Å². The number of methoxy groups -OCH3 is 1. The lowest BCUT2D eigenvalue weighted by Gasteiger charge is -2.33. The van der Waals surface area contributed by atoms with Crippen LogP contribution in [0.4, 0.5) is 0 Å². The average Bonchev–Trinajstić information content (AvgIpc) is 2.78. The smallest absolute Gasteiger partial charge is 0.243 e. The molecule has 0 radical (unpaired) electrons. The van der Waals surface area contributed by atoms with Crippen LogP contribution in [0.5, 0.6) is 11.5 Å². The molecule has 0 aliphatic heterocycles. The van der Waals surface area contributed by atoms with E-state index in [9.17, 15) is 9.59 Å². The van der Waals surface area contributed by atoms with E-state index in [0.29, 0.717) is 35.2 Å². The zero-order chi connectivity index (χ0) is 25.3. The van der Waals surface area contributed by atoms with Crippen molar-refractivity contribution in [1.82, 2.24) is 10.2 Å². The van der Waals surface area contributed by atoms with E-state index in [4.69, 9.17) is 32.7 Å². The van der Waals surface area contributed by atoms with Gasteiger partial charge >= 0.3 is 0 Å². The second kappa shape index (κ2) is 12.9. The number of ether oxygens (including phenoxy) is 2. The topological polar surface area (TPSA) is 67.9 Å². The van der Waals surface area contributed by atoms with Gasteiger partial charge in [0.1, 0.15) is 17.5 Å². The fraction of sp³-hybridized carbons (Fsp3) is 0.462. The van der Waals surface area contributed by atoms with Gasteiger partial charge in [0.25, 0.3) is 0 Å². The largest absolute Gasteiger partial charge is 0.497 e. The molecule has 1 N–H and O–H groups in total. The first-order valence-electron chi connectivity index (χ1n) is 11.4. The predicted octanol–water partition coefficient (Wildman–Crippen LogP) is 5.88. The van der Waals surface area contributed by atoms with Crippen LogP contribution >= 0.6 is 23.2 Å². The SMILES string of the molecule is CCC(C(=O)NC(C)(C)C)N(Cc1ccc(Cl)c(Cl)c1)C(=O)CCCOc1ccc(OC)cc1. The monoisotopic (exact) mass is 508 g/mol. The molecule has 0 heterocycles. The maximum Gasteiger partial charge on any atom is 0.243 e. The van der Waals surface area contributed by atoms with Crippen molar-refractivity contribution >= 4 is 35.0 Å². The van der Waals surface area contributed by atoms with Gasteiger partial charge < -0.3 is 19.7 Å². The minimum Gasteiger partial charge on any atom is -0.497 e. The molecule has 0 saturated carbocycles. The number of hydrogen-bond donors (Lipinski definition) is 1. The average molecular weight is 509 g/mol. The molecule has 1 unspecified atom stereocenters. The Morgan fingerprint density at radius 1 is 1.03 bits per heavy atom. The molecule has 2 rings (SSSR count). The molecule has 0 aromatic heterocycles. The van der Waals surface area contributed by atoms with Crippen molar-refractivity contribution in [3.63, 3.8) is 0 Å². The van der Waals surface area contributed by atoms with Crippen LogP contribution in [-0.4, -0.2) is 42.0 Å². The molecular formula is C26H34Cl2N2O4. The van der Waals surface area contributed by atoms with Crippen LogP contribution < -0.4 is 14.8 Å². The number of amides is 2. The van der Waals surface area contributed by atoms with Crippen molar-refractivity contribution < 1.29 is 19.1 Å². The molecule has 6 nitrogen and oxygen atoms in total. The summed E-state index contributed by atoms with van der Waals surface area (Å²) in [5.74, 6) is 1.15. The molecule has 0 aliphatic carbocycles. The summed E-state index contributed by atoms with van der Waals surface area (Å²) in [6.45, 7) is 8.28. The Balaban J connectivity index is 2.09. The highest BCUT2D eigenvalue weighted by molar-refractivity contribution is 6.42. The number of carbonyl (C=O) groups is 2. The normalized spacial score (nSPS) is 12.1. The summed E-state index contributed by atoms with van der Waals surface area (Å²) in [6.07, 6.45) is 1.24. The first kappa shape index (κ1) is 27.8. The van der Waals surface area contributed by atoms with Crippen LogP contribution in [0, 0.1) is 0 Å². The van der Waals surface area contributed by atoms with Crippen LogP contribution in [-0.2, 0) is 16.1 Å². The number of nitrogens with one attached hydrogen (secondary N) is 1. The zero-order valence-electron chi connectivity index (χ0n) is 20.5. The van der Waals surface area contributed by atoms with Gasteiger partial charge in [-0.1, -0.05) is 36.2 Å². The first-order valence-corrected chi connectivity index (χ1v) is 12.1. The van der Waals surface area contributed by atoms with Gasteiger partial charge in [-0.2, -0.15) is 0 Å². The maximum absolute atomic E-state index is 13.3. The van der Waals surface area contributed by atoms with Gasteiger partial charge in [0, 0.05) is 18.5 Å². The Morgan fingerprint density at radius 3 is 2.24 bits per heavy atom. The minimum absolute atomic E-state index is 0.125. The summed E-state index contributed by atoms with van der Waals surface area (Å²) < 4.78 is 10.9. The number of hydrogen-bond acceptors (Lipinski definition) is 4. The highest BCUT2D eigenvalue weighted by Crippen LogP contribution is 2.24. The van der Waals surface area contributed by atoms with Gasteiger partial charge in [0.15, 0.2) is 0 Å². The molecule has 1 atom stereocenters. The van der Waals surface area contributed by atoms with Crippen LogP contribution in [0.3, 0.4) is 0 Å². The molecule has 2 aromatic rings. The van der Waals surface area contributed by atoms with Crippen LogP contribution in [0.2, 0.25) is 10.0 Å². The Kier molecular flexibility index (Phi) is 10.5. The van der Waals surface area contributed by atoms with E-state index in [2.05, 4.69) is 5.32 Å². The van der Waals surface area contributed by atoms with Crippen molar-refractivity contribution in [2.45, 2.75) is 65.1 Å². The van der Waals surface area contributed by atoms with Gasteiger partial charge in [-0.15, -0.1) is 0 Å². The van der Waals surface area contributed by atoms with Crippen molar-refractivity contribution in [1.29, 1.82) is 0 Å². The summed E-state index contributed by atoms with van der Waals surface area (Å²) >= 11 is 12.2. The van der Waals surface area contributed by atoms with Gasteiger partial charge in [-0.3, -0.25) is 9.59 Å². The quantitative estimate of drug-likeness (QED) is 0.384. The standard InChI is InChI=1S/C26H34Cl2N2O4/c1-6-23(25(32)29-26(2,3)4)30(17-18-9-14-21(27)22(28)16-18)24(31)8-7-15-34-20-12-10-19(33-5)11-13-20/h9-14,16,23H,6-8,15,17H2,1-5H3,(H,29,32). The molecule has 186 valence electrons. The Morgan fingerprint density at radius 2 is 1.68 bits per heavy atom. The molecule has 34 heavy (non-hydrogen) atoms. The van der Waals surface area contributed by atoms with Gasteiger partial charge in [-0.05, 0) is 75.6 Å². The number of nitrogens with zero attached hydrogens (tertiary/aromatic N) is 1. The van der Waals surface area contributed by atoms with E-state index >= 15 is 0 Å². The van der Waals surface area contributed by atoms with Crippen molar-refractivity contribution in [2.75, 3.05) is 13.7 Å². The summed E-state index contributed by atoms with van der Waals surface area (Å²) in [7, 11) is 1.61. The third-order valence-electron chi connectivity index (χ3n) is 5.08. The van der Waals surface area contributed by atoms with Gasteiger partial charge in [-0.25, -0.2) is 0 Å². The lowest BCUT2D eigenvalue weighted by atomic mass is 10.0. The number of benzene rings is 2. The molecule has 0 fully saturated rings. The zero-order valence-corrected chi connectivity index (χ0v) is 22.0. The molecule has 0 aliphatic rings. The van der Waals surface area contributed by atoms with Gasteiger partial charge in [0.05, 0.1) is 23.8 Å². The first-order chi connectivity index (χ1) is 16.0. The maximum atomic E-state index is 13.3. The summed E-state index contributed by atoms with van der Waals surface area (Å²) in [5, 5.41) is 3.85. The predicted molar refractivity (Wildman–Crippen MR) is 137 cm³/mol. The van der Waals surface area contributed by atoms with Crippen molar-refractivity contribution in [3.05, 3.63) is 58.1 Å². The number of rotatable bonds is 11. The summed E-state index contributed by atoms with van der Waals surface area (Å²) in [6, 6.07) is 11.9. The number of carbonyl (C=O) groups excluding carboxylic acids is 2. The van der Waals surface area contributed by atoms with E-state index in [1.54, 1.807) is 24.1 Å².